The lowest BCUT2D eigenvalue weighted by Crippen LogP contribution is -2.35. The summed E-state index contributed by atoms with van der Waals surface area (Å²) in [4.78, 5) is -0.322. The number of halogens is 2. The number of hydrogen-bond acceptors (Lipinski definition) is 4. The second kappa shape index (κ2) is 8.47. The number of sulfonamides is 1. The zero-order valence-corrected chi connectivity index (χ0v) is 15.5. The van der Waals surface area contributed by atoms with Gasteiger partial charge in [0.25, 0.3) is 0 Å². The summed E-state index contributed by atoms with van der Waals surface area (Å²) in [5, 5.41) is 2.99. The number of benzene rings is 1. The van der Waals surface area contributed by atoms with Gasteiger partial charge in [-0.05, 0) is 31.9 Å². The van der Waals surface area contributed by atoms with Crippen molar-refractivity contribution in [2.45, 2.75) is 31.3 Å². The van der Waals surface area contributed by atoms with Crippen molar-refractivity contribution in [1.29, 1.82) is 0 Å². The standard InChI is InChI=1S/C13H20BrFN2O2S2/c1-4-16-7-10-5-11(14)6-12(13(10)15)21(18,19)17-9(2)8-20-3/h5-6,9,16-17H,4,7-8H2,1-3H3. The Labute approximate surface area is 138 Å². The molecule has 1 unspecified atom stereocenters. The molecule has 0 heterocycles. The van der Waals surface area contributed by atoms with E-state index in [0.717, 1.165) is 0 Å². The topological polar surface area (TPSA) is 58.2 Å². The highest BCUT2D eigenvalue weighted by molar-refractivity contribution is 9.10. The Balaban J connectivity index is 3.13. The van der Waals surface area contributed by atoms with Gasteiger partial charge in [0.2, 0.25) is 10.0 Å². The monoisotopic (exact) mass is 398 g/mol. The lowest BCUT2D eigenvalue weighted by atomic mass is 10.2. The molecule has 4 nitrogen and oxygen atoms in total. The predicted molar refractivity (Wildman–Crippen MR) is 89.6 cm³/mol. The van der Waals surface area contributed by atoms with Gasteiger partial charge in [-0.25, -0.2) is 17.5 Å². The Morgan fingerprint density at radius 1 is 1.43 bits per heavy atom. The van der Waals surface area contributed by atoms with Crippen molar-refractivity contribution >= 4 is 37.7 Å². The summed E-state index contributed by atoms with van der Waals surface area (Å²) in [6.45, 7) is 4.62. The fourth-order valence-electron chi connectivity index (χ4n) is 1.81. The Kier molecular flexibility index (Phi) is 7.63. The number of hydrogen-bond donors (Lipinski definition) is 2. The third kappa shape index (κ3) is 5.52. The van der Waals surface area contributed by atoms with Crippen LogP contribution in [0.15, 0.2) is 21.5 Å². The summed E-state index contributed by atoms with van der Waals surface area (Å²) in [7, 11) is -3.88. The van der Waals surface area contributed by atoms with E-state index in [-0.39, 0.29) is 17.5 Å². The first kappa shape index (κ1) is 18.9. The SMILES string of the molecule is CCNCc1cc(Br)cc(S(=O)(=O)NC(C)CSC)c1F. The Morgan fingerprint density at radius 2 is 2.10 bits per heavy atom. The third-order valence-corrected chi connectivity index (χ3v) is 5.59. The van der Waals surface area contributed by atoms with E-state index in [2.05, 4.69) is 26.0 Å². The van der Waals surface area contributed by atoms with Crippen LogP contribution in [0.5, 0.6) is 0 Å². The van der Waals surface area contributed by atoms with Gasteiger partial charge in [-0.2, -0.15) is 11.8 Å². The second-order valence-electron chi connectivity index (χ2n) is 4.64. The molecular weight excluding hydrogens is 379 g/mol. The van der Waals surface area contributed by atoms with E-state index < -0.39 is 15.8 Å². The van der Waals surface area contributed by atoms with Crippen LogP contribution in [-0.4, -0.2) is 33.0 Å². The maximum Gasteiger partial charge on any atom is 0.243 e. The first-order valence-electron chi connectivity index (χ1n) is 6.51. The maximum absolute atomic E-state index is 14.4. The fourth-order valence-corrected chi connectivity index (χ4v) is 4.55. The minimum absolute atomic E-state index is 0.263. The van der Waals surface area contributed by atoms with E-state index in [1.807, 2.05) is 13.2 Å². The van der Waals surface area contributed by atoms with Crippen molar-refractivity contribution in [2.75, 3.05) is 18.6 Å². The van der Waals surface area contributed by atoms with Gasteiger partial charge in [0.15, 0.2) is 0 Å². The molecule has 0 radical (unpaired) electrons. The molecule has 2 N–H and O–H groups in total. The average molecular weight is 399 g/mol. The minimum atomic E-state index is -3.88. The molecule has 1 aromatic carbocycles. The summed E-state index contributed by atoms with van der Waals surface area (Å²) in [5.41, 5.74) is 0.323. The van der Waals surface area contributed by atoms with Crippen LogP contribution in [0, 0.1) is 5.82 Å². The Hall–Kier alpha value is -0.150. The quantitative estimate of drug-likeness (QED) is 0.706. The summed E-state index contributed by atoms with van der Waals surface area (Å²) in [5.74, 6) is -0.0814. The van der Waals surface area contributed by atoms with Gasteiger partial charge in [0.05, 0.1) is 0 Å². The zero-order valence-electron chi connectivity index (χ0n) is 12.2. The van der Waals surface area contributed by atoms with E-state index in [0.29, 0.717) is 22.3 Å². The van der Waals surface area contributed by atoms with E-state index in [9.17, 15) is 12.8 Å². The van der Waals surface area contributed by atoms with Crippen LogP contribution in [-0.2, 0) is 16.6 Å². The van der Waals surface area contributed by atoms with Gasteiger partial charge >= 0.3 is 0 Å². The van der Waals surface area contributed by atoms with Crippen LogP contribution in [0.3, 0.4) is 0 Å². The van der Waals surface area contributed by atoms with Crippen LogP contribution in [0.1, 0.15) is 19.4 Å². The molecular formula is C13H20BrFN2O2S2. The molecule has 120 valence electrons. The molecule has 0 aromatic heterocycles. The molecule has 0 aliphatic carbocycles. The highest BCUT2D eigenvalue weighted by Crippen LogP contribution is 2.24. The van der Waals surface area contributed by atoms with Gasteiger partial charge in [-0.3, -0.25) is 0 Å². The number of thioether (sulfide) groups is 1. The molecule has 0 bridgehead atoms. The normalized spacial score (nSPS) is 13.4. The van der Waals surface area contributed by atoms with Crippen LogP contribution in [0.2, 0.25) is 0 Å². The molecule has 1 aromatic rings. The van der Waals surface area contributed by atoms with Crippen molar-refractivity contribution in [2.24, 2.45) is 0 Å². The van der Waals surface area contributed by atoms with Gasteiger partial charge in [-0.15, -0.1) is 0 Å². The van der Waals surface area contributed by atoms with Gasteiger partial charge < -0.3 is 5.32 Å². The van der Waals surface area contributed by atoms with E-state index in [1.54, 1.807) is 13.0 Å². The molecule has 21 heavy (non-hydrogen) atoms. The third-order valence-electron chi connectivity index (χ3n) is 2.71. The summed E-state index contributed by atoms with van der Waals surface area (Å²) in [6.07, 6.45) is 1.89. The zero-order chi connectivity index (χ0) is 16.0. The van der Waals surface area contributed by atoms with Crippen molar-refractivity contribution in [3.8, 4) is 0 Å². The van der Waals surface area contributed by atoms with Gasteiger partial charge in [0.1, 0.15) is 10.7 Å². The largest absolute Gasteiger partial charge is 0.313 e. The molecule has 0 aliphatic rings. The lowest BCUT2D eigenvalue weighted by Gasteiger charge is -2.15. The molecule has 1 atom stereocenters. The molecule has 0 spiro atoms. The number of nitrogens with one attached hydrogen (secondary N) is 2. The molecule has 1 rings (SSSR count). The Morgan fingerprint density at radius 3 is 2.67 bits per heavy atom. The van der Waals surface area contributed by atoms with E-state index >= 15 is 0 Å². The molecule has 0 saturated heterocycles. The summed E-state index contributed by atoms with van der Waals surface area (Å²) >= 11 is 4.76. The molecule has 0 aliphatic heterocycles. The van der Waals surface area contributed by atoms with E-state index in [4.69, 9.17) is 0 Å². The number of rotatable bonds is 8. The van der Waals surface area contributed by atoms with Crippen LogP contribution < -0.4 is 10.0 Å². The summed E-state index contributed by atoms with van der Waals surface area (Å²) < 4.78 is 42.1. The summed E-state index contributed by atoms with van der Waals surface area (Å²) in [6, 6.07) is 2.61. The van der Waals surface area contributed by atoms with Crippen LogP contribution >= 0.6 is 27.7 Å². The van der Waals surface area contributed by atoms with E-state index in [1.165, 1.54) is 17.8 Å². The minimum Gasteiger partial charge on any atom is -0.313 e. The van der Waals surface area contributed by atoms with Crippen molar-refractivity contribution in [3.05, 3.63) is 28.0 Å². The highest BCUT2D eigenvalue weighted by Gasteiger charge is 2.23. The van der Waals surface area contributed by atoms with Gasteiger partial charge in [0, 0.05) is 28.4 Å². The van der Waals surface area contributed by atoms with Crippen LogP contribution in [0.4, 0.5) is 4.39 Å². The molecule has 0 saturated carbocycles. The lowest BCUT2D eigenvalue weighted by molar-refractivity contribution is 0.538. The smallest absolute Gasteiger partial charge is 0.243 e. The molecule has 0 amide bonds. The molecule has 8 heteroatoms. The Bertz CT molecular complexity index is 582. The fraction of sp³-hybridized carbons (Fsp3) is 0.538. The van der Waals surface area contributed by atoms with Crippen molar-refractivity contribution in [1.82, 2.24) is 10.0 Å². The van der Waals surface area contributed by atoms with Gasteiger partial charge in [-0.1, -0.05) is 22.9 Å². The van der Waals surface area contributed by atoms with Crippen molar-refractivity contribution in [3.63, 3.8) is 0 Å². The first-order valence-corrected chi connectivity index (χ1v) is 10.2. The maximum atomic E-state index is 14.4. The second-order valence-corrected chi connectivity index (χ2v) is 8.14. The predicted octanol–water partition coefficient (Wildman–Crippen LogP) is 2.73. The van der Waals surface area contributed by atoms with Crippen molar-refractivity contribution < 1.29 is 12.8 Å². The highest BCUT2D eigenvalue weighted by atomic mass is 79.9. The first-order chi connectivity index (χ1) is 9.81. The van der Waals surface area contributed by atoms with Crippen LogP contribution in [0.25, 0.3) is 0 Å². The average Bonchev–Trinajstić information content (AvgIpc) is 2.38. The molecule has 0 fully saturated rings.